The molecule has 6 heteroatoms. The molecule has 0 aliphatic rings. The number of H-pyrrole nitrogens is 1. The van der Waals surface area contributed by atoms with E-state index in [4.69, 9.17) is 5.26 Å². The van der Waals surface area contributed by atoms with Crippen molar-refractivity contribution in [2.45, 2.75) is 24.2 Å². The molecule has 5 nitrogen and oxygen atoms in total. The lowest BCUT2D eigenvalue weighted by atomic mass is 9.84. The molecule has 0 radical (unpaired) electrons. The highest BCUT2D eigenvalue weighted by Gasteiger charge is 2.27. The topological polar surface area (TPSA) is 86.6 Å². The van der Waals surface area contributed by atoms with Gasteiger partial charge in [0.1, 0.15) is 5.82 Å². The van der Waals surface area contributed by atoms with Crippen LogP contribution in [0.4, 0.5) is 0 Å². The predicted octanol–water partition coefficient (Wildman–Crippen LogP) is 3.70. The van der Waals surface area contributed by atoms with Crippen molar-refractivity contribution < 1.29 is 8.42 Å². The van der Waals surface area contributed by atoms with Crippen LogP contribution in [0, 0.1) is 11.3 Å². The number of fused-ring (bicyclic) bond motifs is 1. The number of nitrogens with one attached hydrogen (secondary N) is 1. The summed E-state index contributed by atoms with van der Waals surface area (Å²) < 4.78 is 24.2. The second-order valence-electron chi connectivity index (χ2n) is 6.23. The molecule has 3 aromatic rings. The number of aromatic nitrogens is 2. The number of aromatic amines is 1. The summed E-state index contributed by atoms with van der Waals surface area (Å²) in [5, 5.41) is 9.41. The Morgan fingerprint density at radius 1 is 1.12 bits per heavy atom. The number of benzene rings is 2. The molecule has 1 N–H and O–H groups in total. The lowest BCUT2D eigenvalue weighted by Gasteiger charge is -2.23. The number of para-hydroxylation sites is 2. The molecule has 0 saturated carbocycles. The zero-order chi connectivity index (χ0) is 18.1. The molecular formula is C19H17N3O2S. The first-order valence-electron chi connectivity index (χ1n) is 7.71. The summed E-state index contributed by atoms with van der Waals surface area (Å²) in [6, 6.07) is 16.2. The fourth-order valence-electron chi connectivity index (χ4n) is 2.65. The molecule has 0 saturated heterocycles. The van der Waals surface area contributed by atoms with Crippen LogP contribution in [0.25, 0.3) is 11.0 Å². The van der Waals surface area contributed by atoms with Crippen molar-refractivity contribution in [3.8, 4) is 6.07 Å². The van der Waals surface area contributed by atoms with E-state index in [0.717, 1.165) is 33.9 Å². The third-order valence-electron chi connectivity index (χ3n) is 4.21. The molecule has 2 aromatic carbocycles. The van der Waals surface area contributed by atoms with Gasteiger partial charge in [-0.25, -0.2) is 13.4 Å². The zero-order valence-corrected chi connectivity index (χ0v) is 14.7. The highest BCUT2D eigenvalue weighted by Crippen LogP contribution is 2.31. The van der Waals surface area contributed by atoms with E-state index in [2.05, 4.69) is 9.97 Å². The Morgan fingerprint density at radius 3 is 2.44 bits per heavy atom. The van der Waals surface area contributed by atoms with Crippen LogP contribution in [0.15, 0.2) is 64.9 Å². The van der Waals surface area contributed by atoms with Gasteiger partial charge in [-0.1, -0.05) is 24.3 Å². The third kappa shape index (κ3) is 3.19. The van der Waals surface area contributed by atoms with Crippen LogP contribution in [0.2, 0.25) is 0 Å². The molecule has 0 fully saturated rings. The number of allylic oxidation sites excluding steroid dienone is 1. The van der Waals surface area contributed by atoms with E-state index in [9.17, 15) is 8.42 Å². The number of nitrogens with zero attached hydrogens (tertiary/aromatic N) is 2. The van der Waals surface area contributed by atoms with E-state index in [-0.39, 0.29) is 4.90 Å². The fraction of sp³-hybridized carbons (Fsp3) is 0.158. The minimum atomic E-state index is -3.60. The quantitative estimate of drug-likeness (QED) is 0.726. The number of rotatable bonds is 4. The largest absolute Gasteiger partial charge is 0.341 e. The van der Waals surface area contributed by atoms with Crippen molar-refractivity contribution in [2.24, 2.45) is 0 Å². The summed E-state index contributed by atoms with van der Waals surface area (Å²) in [6.45, 7) is 4.06. The molecule has 126 valence electrons. The summed E-state index contributed by atoms with van der Waals surface area (Å²) in [6.07, 6.45) is 0.960. The number of sulfone groups is 1. The zero-order valence-electron chi connectivity index (χ0n) is 13.9. The Morgan fingerprint density at radius 2 is 1.80 bits per heavy atom. The van der Waals surface area contributed by atoms with Crippen molar-refractivity contribution in [3.63, 3.8) is 0 Å². The lowest BCUT2D eigenvalue weighted by Crippen LogP contribution is -2.20. The molecular weight excluding hydrogens is 334 g/mol. The minimum Gasteiger partial charge on any atom is -0.341 e. The Hall–Kier alpha value is -2.91. The normalized spacial score (nSPS) is 12.5. The molecule has 1 aromatic heterocycles. The smallest absolute Gasteiger partial charge is 0.200 e. The van der Waals surface area contributed by atoms with Gasteiger partial charge >= 0.3 is 0 Å². The summed E-state index contributed by atoms with van der Waals surface area (Å²) in [7, 11) is -3.60. The summed E-state index contributed by atoms with van der Waals surface area (Å²) in [4.78, 5) is 8.14. The summed E-state index contributed by atoms with van der Waals surface area (Å²) in [5.41, 5.74) is 2.39. The third-order valence-corrected chi connectivity index (χ3v) is 5.63. The van der Waals surface area contributed by atoms with Gasteiger partial charge in [0.2, 0.25) is 9.84 Å². The Labute approximate surface area is 146 Å². The molecule has 1 heterocycles. The average Bonchev–Trinajstić information content (AvgIpc) is 3.05. The first kappa shape index (κ1) is 16.9. The molecule has 0 spiro atoms. The Bertz CT molecular complexity index is 1050. The van der Waals surface area contributed by atoms with Gasteiger partial charge in [-0.3, -0.25) is 0 Å². The van der Waals surface area contributed by atoms with Crippen molar-refractivity contribution in [3.05, 3.63) is 71.4 Å². The van der Waals surface area contributed by atoms with Gasteiger partial charge in [0, 0.05) is 16.9 Å². The van der Waals surface area contributed by atoms with Gasteiger partial charge in [0.25, 0.3) is 0 Å². The number of hydrogen-bond acceptors (Lipinski definition) is 4. The van der Waals surface area contributed by atoms with Crippen LogP contribution >= 0.6 is 0 Å². The molecule has 3 rings (SSSR count). The van der Waals surface area contributed by atoms with Crippen molar-refractivity contribution in [1.29, 1.82) is 5.26 Å². The predicted molar refractivity (Wildman–Crippen MR) is 96.6 cm³/mol. The van der Waals surface area contributed by atoms with Crippen LogP contribution in [-0.4, -0.2) is 18.4 Å². The second-order valence-corrected chi connectivity index (χ2v) is 8.06. The van der Waals surface area contributed by atoms with Crippen molar-refractivity contribution in [1.82, 2.24) is 9.97 Å². The molecule has 0 aliphatic heterocycles. The Kier molecular flexibility index (Phi) is 4.19. The van der Waals surface area contributed by atoms with Gasteiger partial charge in [-0.2, -0.15) is 5.26 Å². The highest BCUT2D eigenvalue weighted by molar-refractivity contribution is 7.94. The van der Waals surface area contributed by atoms with Crippen LogP contribution < -0.4 is 0 Å². The maximum atomic E-state index is 12.1. The second kappa shape index (κ2) is 6.19. The fourth-order valence-corrected chi connectivity index (χ4v) is 3.56. The minimum absolute atomic E-state index is 0.156. The van der Waals surface area contributed by atoms with Gasteiger partial charge in [0.05, 0.1) is 22.0 Å². The molecule has 0 atom stereocenters. The monoisotopic (exact) mass is 351 g/mol. The first-order chi connectivity index (χ1) is 11.8. The molecule has 0 unspecified atom stereocenters. The standard InChI is InChI=1S/C19H17N3O2S/c1-19(2,18-21-16-6-3-4-7-17(16)22-18)14-8-10-15(11-9-14)25(23,24)13-5-12-20/h3-11,13H,1-2H3,(H,21,22)/b13-5+. The first-order valence-corrected chi connectivity index (χ1v) is 9.26. The van der Waals surface area contributed by atoms with E-state index in [0.29, 0.717) is 0 Å². The van der Waals surface area contributed by atoms with Crippen molar-refractivity contribution >= 4 is 20.9 Å². The SMILES string of the molecule is CC(C)(c1ccc(S(=O)(=O)/C=C/C#N)cc1)c1nc2ccccc2[nH]1. The van der Waals surface area contributed by atoms with Gasteiger partial charge < -0.3 is 4.98 Å². The van der Waals surface area contributed by atoms with Crippen LogP contribution in [0.1, 0.15) is 25.2 Å². The average molecular weight is 351 g/mol. The molecule has 0 amide bonds. The number of nitriles is 1. The molecule has 0 aliphatic carbocycles. The van der Waals surface area contributed by atoms with Gasteiger partial charge in [-0.15, -0.1) is 0 Å². The summed E-state index contributed by atoms with van der Waals surface area (Å²) in [5.74, 6) is 0.814. The van der Waals surface area contributed by atoms with E-state index in [1.165, 1.54) is 0 Å². The molecule has 25 heavy (non-hydrogen) atoms. The van der Waals surface area contributed by atoms with Crippen LogP contribution in [-0.2, 0) is 15.3 Å². The van der Waals surface area contributed by atoms with E-state index < -0.39 is 15.3 Å². The maximum Gasteiger partial charge on any atom is 0.200 e. The van der Waals surface area contributed by atoms with E-state index in [1.807, 2.05) is 38.1 Å². The van der Waals surface area contributed by atoms with E-state index in [1.54, 1.807) is 30.3 Å². The summed E-state index contributed by atoms with van der Waals surface area (Å²) >= 11 is 0. The van der Waals surface area contributed by atoms with Crippen LogP contribution in [0.3, 0.4) is 0 Å². The van der Waals surface area contributed by atoms with Crippen molar-refractivity contribution in [2.75, 3.05) is 0 Å². The highest BCUT2D eigenvalue weighted by atomic mass is 32.2. The van der Waals surface area contributed by atoms with Gasteiger partial charge in [-0.05, 0) is 43.7 Å². The lowest BCUT2D eigenvalue weighted by molar-refractivity contribution is 0.597. The number of imidazole rings is 1. The maximum absolute atomic E-state index is 12.1. The Balaban J connectivity index is 1.98. The molecule has 0 bridgehead atoms. The van der Waals surface area contributed by atoms with Gasteiger partial charge in [0.15, 0.2) is 0 Å². The van der Waals surface area contributed by atoms with E-state index >= 15 is 0 Å². The van der Waals surface area contributed by atoms with Crippen LogP contribution in [0.5, 0.6) is 0 Å². The number of hydrogen-bond donors (Lipinski definition) is 1.